The van der Waals surface area contributed by atoms with Gasteiger partial charge in [0.1, 0.15) is 5.39 Å². The number of rotatable bonds is 8. The Kier molecular flexibility index (Phi) is 5.97. The second-order valence-corrected chi connectivity index (χ2v) is 6.32. The van der Waals surface area contributed by atoms with Crippen molar-refractivity contribution in [3.8, 4) is 5.69 Å². The maximum absolute atomic E-state index is 12.7. The minimum Gasteiger partial charge on any atom is -0.385 e. The fraction of sp³-hybridized carbons (Fsp3) is 0.368. The van der Waals surface area contributed by atoms with Gasteiger partial charge >= 0.3 is 0 Å². The van der Waals surface area contributed by atoms with Crippen LogP contribution in [-0.2, 0) is 16.1 Å². The van der Waals surface area contributed by atoms with Crippen LogP contribution in [0.2, 0.25) is 0 Å². The van der Waals surface area contributed by atoms with Crippen LogP contribution in [0.3, 0.4) is 0 Å². The standard InChI is InChI=1S/C19H23N5O3/c1-14-4-6-15(7-5-14)24-18-16(12-22-24)19(26)23(13-21-18)10-8-17(25)20-9-3-11-27-2/h4-7,12-13H,3,8-11H2,1-2H3,(H,20,25). The van der Waals surface area contributed by atoms with Crippen LogP contribution in [0.4, 0.5) is 0 Å². The van der Waals surface area contributed by atoms with Crippen molar-refractivity contribution in [1.29, 1.82) is 0 Å². The van der Waals surface area contributed by atoms with Crippen LogP contribution >= 0.6 is 0 Å². The van der Waals surface area contributed by atoms with E-state index in [0.29, 0.717) is 24.2 Å². The summed E-state index contributed by atoms with van der Waals surface area (Å²) < 4.78 is 8.02. The summed E-state index contributed by atoms with van der Waals surface area (Å²) in [5.41, 5.74) is 2.29. The van der Waals surface area contributed by atoms with Gasteiger partial charge in [0.15, 0.2) is 5.65 Å². The molecule has 0 spiro atoms. The first-order chi connectivity index (χ1) is 13.1. The van der Waals surface area contributed by atoms with Crippen LogP contribution < -0.4 is 10.9 Å². The van der Waals surface area contributed by atoms with E-state index >= 15 is 0 Å². The number of methoxy groups -OCH3 is 1. The number of hydrogen-bond donors (Lipinski definition) is 1. The number of aromatic nitrogens is 4. The van der Waals surface area contributed by atoms with Gasteiger partial charge in [-0.3, -0.25) is 14.2 Å². The molecule has 8 heteroatoms. The third-order valence-corrected chi connectivity index (χ3v) is 4.26. The third-order valence-electron chi connectivity index (χ3n) is 4.26. The molecule has 2 heterocycles. The minimum atomic E-state index is -0.203. The number of benzene rings is 1. The highest BCUT2D eigenvalue weighted by Crippen LogP contribution is 2.14. The molecule has 142 valence electrons. The largest absolute Gasteiger partial charge is 0.385 e. The molecule has 0 radical (unpaired) electrons. The number of hydrogen-bond acceptors (Lipinski definition) is 5. The van der Waals surface area contributed by atoms with E-state index < -0.39 is 0 Å². The molecule has 2 aromatic heterocycles. The van der Waals surface area contributed by atoms with Gasteiger partial charge in [0, 0.05) is 33.2 Å². The van der Waals surface area contributed by atoms with E-state index in [1.165, 1.54) is 17.1 Å². The van der Waals surface area contributed by atoms with Crippen LogP contribution in [-0.4, -0.2) is 45.5 Å². The van der Waals surface area contributed by atoms with Crippen LogP contribution in [0.1, 0.15) is 18.4 Å². The summed E-state index contributed by atoms with van der Waals surface area (Å²) in [4.78, 5) is 28.9. The van der Waals surface area contributed by atoms with E-state index in [1.54, 1.807) is 11.8 Å². The lowest BCUT2D eigenvalue weighted by Gasteiger charge is -2.07. The van der Waals surface area contributed by atoms with E-state index in [0.717, 1.165) is 17.7 Å². The molecule has 0 saturated heterocycles. The fourth-order valence-corrected chi connectivity index (χ4v) is 2.74. The maximum atomic E-state index is 12.7. The van der Waals surface area contributed by atoms with Crippen LogP contribution in [0, 0.1) is 6.92 Å². The second-order valence-electron chi connectivity index (χ2n) is 6.32. The topological polar surface area (TPSA) is 91.0 Å². The zero-order valence-corrected chi connectivity index (χ0v) is 15.5. The summed E-state index contributed by atoms with van der Waals surface area (Å²) in [6.45, 7) is 3.44. The average molecular weight is 369 g/mol. The Labute approximate surface area is 156 Å². The highest BCUT2D eigenvalue weighted by Gasteiger charge is 2.12. The molecule has 0 saturated carbocycles. The number of aryl methyl sites for hydroxylation is 2. The number of carbonyl (C=O) groups is 1. The van der Waals surface area contributed by atoms with Crippen molar-refractivity contribution in [3.63, 3.8) is 0 Å². The molecular formula is C19H23N5O3. The van der Waals surface area contributed by atoms with Gasteiger partial charge in [-0.1, -0.05) is 17.7 Å². The van der Waals surface area contributed by atoms with Gasteiger partial charge in [-0.05, 0) is 25.5 Å². The summed E-state index contributed by atoms with van der Waals surface area (Å²) in [5.74, 6) is -0.103. The zero-order valence-electron chi connectivity index (χ0n) is 15.5. The molecule has 0 fully saturated rings. The molecule has 3 aromatic rings. The Morgan fingerprint density at radius 3 is 2.78 bits per heavy atom. The molecule has 0 aliphatic carbocycles. The Balaban J connectivity index is 1.72. The second kappa shape index (κ2) is 8.59. The lowest BCUT2D eigenvalue weighted by molar-refractivity contribution is -0.121. The van der Waals surface area contributed by atoms with Crippen molar-refractivity contribution in [2.24, 2.45) is 0 Å². The molecule has 1 amide bonds. The minimum absolute atomic E-state index is 0.103. The monoisotopic (exact) mass is 369 g/mol. The van der Waals surface area contributed by atoms with Crippen LogP contribution in [0.15, 0.2) is 41.6 Å². The molecule has 0 aliphatic heterocycles. The number of fused-ring (bicyclic) bond motifs is 1. The van der Waals surface area contributed by atoms with Crippen LogP contribution in [0.5, 0.6) is 0 Å². The Morgan fingerprint density at radius 2 is 2.04 bits per heavy atom. The highest BCUT2D eigenvalue weighted by molar-refractivity contribution is 5.76. The van der Waals surface area contributed by atoms with Crippen molar-refractivity contribution in [2.45, 2.75) is 26.3 Å². The van der Waals surface area contributed by atoms with E-state index in [2.05, 4.69) is 15.4 Å². The van der Waals surface area contributed by atoms with Gasteiger partial charge in [-0.15, -0.1) is 0 Å². The summed E-state index contributed by atoms with van der Waals surface area (Å²) in [7, 11) is 1.62. The van der Waals surface area contributed by atoms with Gasteiger partial charge in [-0.25, -0.2) is 9.67 Å². The molecule has 0 bridgehead atoms. The summed E-state index contributed by atoms with van der Waals surface area (Å²) in [6.07, 6.45) is 3.96. The summed E-state index contributed by atoms with van der Waals surface area (Å²) in [6, 6.07) is 7.83. The predicted octanol–water partition coefficient (Wildman–Crippen LogP) is 1.43. The number of amides is 1. The molecule has 27 heavy (non-hydrogen) atoms. The number of ether oxygens (including phenoxy) is 1. The first kappa shape index (κ1) is 18.8. The van der Waals surface area contributed by atoms with E-state index in [1.807, 2.05) is 31.2 Å². The van der Waals surface area contributed by atoms with Gasteiger partial charge in [0.2, 0.25) is 5.91 Å². The van der Waals surface area contributed by atoms with Gasteiger partial charge < -0.3 is 10.1 Å². The Bertz CT molecular complexity index is 975. The first-order valence-corrected chi connectivity index (χ1v) is 8.86. The number of nitrogens with one attached hydrogen (secondary N) is 1. The van der Waals surface area contributed by atoms with Crippen molar-refractivity contribution >= 4 is 16.9 Å². The van der Waals surface area contributed by atoms with Crippen molar-refractivity contribution in [1.82, 2.24) is 24.6 Å². The van der Waals surface area contributed by atoms with E-state index in [-0.39, 0.29) is 24.4 Å². The number of carbonyl (C=O) groups excluding carboxylic acids is 1. The molecule has 0 aliphatic rings. The molecule has 0 atom stereocenters. The zero-order chi connectivity index (χ0) is 19.2. The maximum Gasteiger partial charge on any atom is 0.264 e. The molecule has 1 aromatic carbocycles. The SMILES string of the molecule is COCCCNC(=O)CCn1cnc2c(cnn2-c2ccc(C)cc2)c1=O. The molecular weight excluding hydrogens is 346 g/mol. The quantitative estimate of drug-likeness (QED) is 0.607. The van der Waals surface area contributed by atoms with Crippen LogP contribution in [0.25, 0.3) is 16.7 Å². The molecule has 1 N–H and O–H groups in total. The normalized spacial score (nSPS) is 11.0. The lowest BCUT2D eigenvalue weighted by Crippen LogP contribution is -2.28. The number of nitrogens with zero attached hydrogens (tertiary/aromatic N) is 4. The van der Waals surface area contributed by atoms with E-state index in [9.17, 15) is 9.59 Å². The van der Waals surface area contributed by atoms with Crippen molar-refractivity contribution < 1.29 is 9.53 Å². The van der Waals surface area contributed by atoms with Crippen molar-refractivity contribution in [2.75, 3.05) is 20.3 Å². The molecule has 0 unspecified atom stereocenters. The van der Waals surface area contributed by atoms with Gasteiger partial charge in [-0.2, -0.15) is 5.10 Å². The fourth-order valence-electron chi connectivity index (χ4n) is 2.74. The smallest absolute Gasteiger partial charge is 0.264 e. The van der Waals surface area contributed by atoms with E-state index in [4.69, 9.17) is 4.74 Å². The Morgan fingerprint density at radius 1 is 1.26 bits per heavy atom. The average Bonchev–Trinajstić information content (AvgIpc) is 3.10. The molecule has 3 rings (SSSR count). The lowest BCUT2D eigenvalue weighted by atomic mass is 10.2. The third kappa shape index (κ3) is 4.40. The Hall–Kier alpha value is -3.00. The first-order valence-electron chi connectivity index (χ1n) is 8.86. The summed E-state index contributed by atoms with van der Waals surface area (Å²) in [5, 5.41) is 7.53. The van der Waals surface area contributed by atoms with Crippen molar-refractivity contribution in [3.05, 3.63) is 52.7 Å². The predicted molar refractivity (Wildman–Crippen MR) is 102 cm³/mol. The molecule has 8 nitrogen and oxygen atoms in total. The van der Waals surface area contributed by atoms with Gasteiger partial charge in [0.05, 0.1) is 18.2 Å². The highest BCUT2D eigenvalue weighted by atomic mass is 16.5. The summed E-state index contributed by atoms with van der Waals surface area (Å²) >= 11 is 0. The van der Waals surface area contributed by atoms with Gasteiger partial charge in [0.25, 0.3) is 5.56 Å².